The summed E-state index contributed by atoms with van der Waals surface area (Å²) in [7, 11) is -3.46. The van der Waals surface area contributed by atoms with Gasteiger partial charge in [0.15, 0.2) is 11.5 Å². The monoisotopic (exact) mass is 403 g/mol. The first kappa shape index (κ1) is 19.0. The summed E-state index contributed by atoms with van der Waals surface area (Å²) >= 11 is 0. The van der Waals surface area contributed by atoms with Crippen molar-refractivity contribution >= 4 is 15.8 Å². The van der Waals surface area contributed by atoms with Crippen molar-refractivity contribution in [2.45, 2.75) is 37.6 Å². The summed E-state index contributed by atoms with van der Waals surface area (Å²) in [6.45, 7) is 4.89. The van der Waals surface area contributed by atoms with Crippen molar-refractivity contribution in [1.29, 1.82) is 0 Å². The molecule has 1 aromatic heterocycles. The minimum absolute atomic E-state index is 0.255. The third-order valence-electron chi connectivity index (χ3n) is 5.19. The lowest BCUT2D eigenvalue weighted by molar-refractivity contribution is 0.174. The number of benzene rings is 1. The normalized spacial score (nSPS) is 16.9. The van der Waals surface area contributed by atoms with Crippen LogP contribution < -0.4 is 14.4 Å². The number of hydrogen-bond donors (Lipinski definition) is 0. The van der Waals surface area contributed by atoms with E-state index >= 15 is 0 Å². The number of nitrogens with zero attached hydrogens (tertiary/aromatic N) is 3. The highest BCUT2D eigenvalue weighted by atomic mass is 32.2. The number of pyridine rings is 1. The van der Waals surface area contributed by atoms with Gasteiger partial charge in [-0.1, -0.05) is 12.5 Å². The molecule has 0 aliphatic carbocycles. The topological polar surface area (TPSA) is 72.0 Å². The Labute approximate surface area is 165 Å². The number of hydrogen-bond acceptors (Lipinski definition) is 6. The maximum atomic E-state index is 12.8. The Bertz CT molecular complexity index is 925. The highest BCUT2D eigenvalue weighted by molar-refractivity contribution is 7.89. The highest BCUT2D eigenvalue weighted by Gasteiger charge is 2.26. The minimum atomic E-state index is -3.46. The van der Waals surface area contributed by atoms with Crippen LogP contribution >= 0.6 is 0 Å². The average molecular weight is 404 g/mol. The summed E-state index contributed by atoms with van der Waals surface area (Å²) in [6, 6.07) is 9.33. The van der Waals surface area contributed by atoms with Gasteiger partial charge in [0.05, 0.1) is 0 Å². The molecule has 0 unspecified atom stereocenters. The molecule has 2 aliphatic rings. The van der Waals surface area contributed by atoms with Crippen molar-refractivity contribution < 1.29 is 17.9 Å². The highest BCUT2D eigenvalue weighted by Crippen LogP contribution is 2.33. The van der Waals surface area contributed by atoms with Crippen molar-refractivity contribution in [3.63, 3.8) is 0 Å². The van der Waals surface area contributed by atoms with Crippen molar-refractivity contribution in [3.8, 4) is 11.5 Å². The largest absolute Gasteiger partial charge is 0.454 e. The first-order chi connectivity index (χ1) is 13.6. The van der Waals surface area contributed by atoms with E-state index in [2.05, 4.69) is 9.88 Å². The molecule has 28 heavy (non-hydrogen) atoms. The standard InChI is InChI=1S/C20H25N3O4S/c1-2-22(14-16-6-8-18-19(12-16)27-15-26-18)20-9-7-17(13-21-20)28(24,25)23-10-4-3-5-11-23/h6-9,12-13H,2-5,10-11,14-15H2,1H3. The van der Waals surface area contributed by atoms with Gasteiger partial charge >= 0.3 is 0 Å². The van der Waals surface area contributed by atoms with E-state index in [4.69, 9.17) is 9.47 Å². The molecular weight excluding hydrogens is 378 g/mol. The van der Waals surface area contributed by atoms with Gasteiger partial charge in [-0.25, -0.2) is 13.4 Å². The fourth-order valence-corrected chi connectivity index (χ4v) is 5.04. The van der Waals surface area contributed by atoms with Gasteiger partial charge in [-0.2, -0.15) is 4.31 Å². The Morgan fingerprint density at radius 1 is 1.07 bits per heavy atom. The third-order valence-corrected chi connectivity index (χ3v) is 7.07. The van der Waals surface area contributed by atoms with Crippen LogP contribution in [0.2, 0.25) is 0 Å². The Balaban J connectivity index is 1.50. The summed E-state index contributed by atoms with van der Waals surface area (Å²) in [5, 5.41) is 0. The second-order valence-electron chi connectivity index (χ2n) is 7.02. The number of sulfonamides is 1. The van der Waals surface area contributed by atoms with Gasteiger partial charge in [0.2, 0.25) is 16.8 Å². The van der Waals surface area contributed by atoms with E-state index in [0.717, 1.165) is 48.7 Å². The predicted octanol–water partition coefficient (Wildman–Crippen LogP) is 3.01. The number of aromatic nitrogens is 1. The molecular formula is C20H25N3O4S. The fourth-order valence-electron chi connectivity index (χ4n) is 3.58. The zero-order chi connectivity index (χ0) is 19.6. The van der Waals surface area contributed by atoms with Crippen molar-refractivity contribution in [1.82, 2.24) is 9.29 Å². The Morgan fingerprint density at radius 2 is 1.86 bits per heavy atom. The van der Waals surface area contributed by atoms with Crippen LogP contribution in [0, 0.1) is 0 Å². The molecule has 4 rings (SSSR count). The number of rotatable bonds is 6. The van der Waals surface area contributed by atoms with Gasteiger partial charge < -0.3 is 14.4 Å². The number of anilines is 1. The van der Waals surface area contributed by atoms with Gasteiger partial charge in [0, 0.05) is 32.4 Å². The van der Waals surface area contributed by atoms with Crippen LogP contribution in [0.4, 0.5) is 5.82 Å². The Morgan fingerprint density at radius 3 is 2.57 bits per heavy atom. The molecule has 0 amide bonds. The third kappa shape index (κ3) is 3.79. The zero-order valence-electron chi connectivity index (χ0n) is 16.0. The summed E-state index contributed by atoms with van der Waals surface area (Å²) in [5.74, 6) is 2.26. The molecule has 1 fully saturated rings. The van der Waals surface area contributed by atoms with Crippen LogP contribution in [-0.2, 0) is 16.6 Å². The molecule has 0 saturated carbocycles. The molecule has 3 heterocycles. The van der Waals surface area contributed by atoms with E-state index in [-0.39, 0.29) is 11.7 Å². The number of piperidine rings is 1. The van der Waals surface area contributed by atoms with Crippen LogP contribution in [0.3, 0.4) is 0 Å². The van der Waals surface area contributed by atoms with Crippen molar-refractivity contribution in [3.05, 3.63) is 42.1 Å². The molecule has 0 atom stereocenters. The van der Waals surface area contributed by atoms with Crippen molar-refractivity contribution in [2.24, 2.45) is 0 Å². The van der Waals surface area contributed by atoms with Crippen LogP contribution in [0.1, 0.15) is 31.7 Å². The minimum Gasteiger partial charge on any atom is -0.454 e. The molecule has 0 radical (unpaired) electrons. The smallest absolute Gasteiger partial charge is 0.244 e. The van der Waals surface area contributed by atoms with Gasteiger partial charge in [-0.05, 0) is 49.6 Å². The molecule has 0 spiro atoms. The molecule has 0 N–H and O–H groups in total. The van der Waals surface area contributed by atoms with Crippen LogP contribution in [0.25, 0.3) is 0 Å². The molecule has 150 valence electrons. The van der Waals surface area contributed by atoms with Crippen LogP contribution in [0.5, 0.6) is 11.5 Å². The van der Waals surface area contributed by atoms with E-state index < -0.39 is 10.0 Å². The first-order valence-electron chi connectivity index (χ1n) is 9.67. The second kappa shape index (κ2) is 7.97. The molecule has 8 heteroatoms. The molecule has 1 aromatic carbocycles. The van der Waals surface area contributed by atoms with E-state index in [1.54, 1.807) is 16.4 Å². The Hall–Kier alpha value is -2.32. The Kier molecular flexibility index (Phi) is 5.41. The summed E-state index contributed by atoms with van der Waals surface area (Å²) in [5.41, 5.74) is 1.08. The van der Waals surface area contributed by atoms with Gasteiger partial charge in [0.1, 0.15) is 10.7 Å². The predicted molar refractivity (Wildman–Crippen MR) is 106 cm³/mol. The first-order valence-corrected chi connectivity index (χ1v) is 11.1. The zero-order valence-corrected chi connectivity index (χ0v) is 16.8. The maximum Gasteiger partial charge on any atom is 0.244 e. The second-order valence-corrected chi connectivity index (χ2v) is 8.96. The van der Waals surface area contributed by atoms with Crippen molar-refractivity contribution in [2.75, 3.05) is 31.3 Å². The average Bonchev–Trinajstić information content (AvgIpc) is 3.20. The van der Waals surface area contributed by atoms with E-state index in [1.165, 1.54) is 6.20 Å². The maximum absolute atomic E-state index is 12.8. The lowest BCUT2D eigenvalue weighted by Gasteiger charge is -2.26. The molecule has 2 aliphatic heterocycles. The van der Waals surface area contributed by atoms with Gasteiger partial charge in [-0.3, -0.25) is 0 Å². The molecule has 0 bridgehead atoms. The SMILES string of the molecule is CCN(Cc1ccc2c(c1)OCO2)c1ccc(S(=O)(=O)N2CCCCC2)cn1. The number of ether oxygens (including phenoxy) is 2. The molecule has 7 nitrogen and oxygen atoms in total. The van der Waals surface area contributed by atoms with E-state index in [9.17, 15) is 8.42 Å². The van der Waals surface area contributed by atoms with Gasteiger partial charge in [0.25, 0.3) is 0 Å². The van der Waals surface area contributed by atoms with E-state index in [1.807, 2.05) is 25.1 Å². The lowest BCUT2D eigenvalue weighted by atomic mass is 10.2. The van der Waals surface area contributed by atoms with E-state index in [0.29, 0.717) is 19.6 Å². The van der Waals surface area contributed by atoms with Crippen LogP contribution in [0.15, 0.2) is 41.4 Å². The molecule has 2 aromatic rings. The summed E-state index contributed by atoms with van der Waals surface area (Å²) in [4.78, 5) is 6.80. The fraction of sp³-hybridized carbons (Fsp3) is 0.450. The quantitative estimate of drug-likeness (QED) is 0.738. The van der Waals surface area contributed by atoms with Crippen LogP contribution in [-0.4, -0.2) is 44.1 Å². The van der Waals surface area contributed by atoms with Gasteiger partial charge in [-0.15, -0.1) is 0 Å². The molecule has 1 saturated heterocycles. The summed E-state index contributed by atoms with van der Waals surface area (Å²) in [6.07, 6.45) is 4.41. The summed E-state index contributed by atoms with van der Waals surface area (Å²) < 4.78 is 37.9. The number of fused-ring (bicyclic) bond motifs is 1. The lowest BCUT2D eigenvalue weighted by Crippen LogP contribution is -2.35.